The van der Waals surface area contributed by atoms with Gasteiger partial charge in [-0.25, -0.2) is 9.97 Å². The van der Waals surface area contributed by atoms with E-state index < -0.39 is 11.7 Å². The van der Waals surface area contributed by atoms with Crippen LogP contribution in [0.15, 0.2) is 35.0 Å². The van der Waals surface area contributed by atoms with Gasteiger partial charge in [0.15, 0.2) is 5.69 Å². The normalized spacial score (nSPS) is 11.5. The third-order valence-electron chi connectivity index (χ3n) is 3.59. The number of hydrogen-bond donors (Lipinski definition) is 0. The number of hydrogen-bond acceptors (Lipinski definition) is 5. The average molecular weight is 391 g/mol. The molecule has 2 aromatic heterocycles. The van der Waals surface area contributed by atoms with Gasteiger partial charge < -0.3 is 9.64 Å². The molecule has 0 N–H and O–H groups in total. The minimum Gasteiger partial charge on any atom is -0.474 e. The summed E-state index contributed by atoms with van der Waals surface area (Å²) in [7, 11) is 3.87. The molecule has 0 aliphatic carbocycles. The maximum Gasteiger partial charge on any atom is 0.416 e. The van der Waals surface area contributed by atoms with Crippen molar-refractivity contribution in [1.82, 2.24) is 14.9 Å². The van der Waals surface area contributed by atoms with Crippen LogP contribution in [0.25, 0.3) is 11.0 Å². The molecular weight excluding hydrogens is 375 g/mol. The fraction of sp³-hybridized carbons (Fsp3) is 0.263. The van der Waals surface area contributed by atoms with Gasteiger partial charge in [-0.05, 0) is 44.3 Å². The molecule has 27 heavy (non-hydrogen) atoms. The van der Waals surface area contributed by atoms with Gasteiger partial charge in [0.05, 0.1) is 5.56 Å². The van der Waals surface area contributed by atoms with Gasteiger partial charge >= 0.3 is 6.18 Å². The third-order valence-corrected chi connectivity index (χ3v) is 4.31. The fourth-order valence-electron chi connectivity index (χ4n) is 2.16. The number of alkyl halides is 3. The molecule has 0 atom stereocenters. The summed E-state index contributed by atoms with van der Waals surface area (Å²) < 4.78 is 43.6. The molecule has 3 rings (SSSR count). The van der Waals surface area contributed by atoms with E-state index in [-0.39, 0.29) is 0 Å². The van der Waals surface area contributed by atoms with E-state index in [1.54, 1.807) is 0 Å². The molecule has 140 valence electrons. The van der Waals surface area contributed by atoms with Crippen LogP contribution >= 0.6 is 11.3 Å². The second-order valence-corrected chi connectivity index (χ2v) is 6.74. The van der Waals surface area contributed by atoms with Crippen LogP contribution in [-0.4, -0.2) is 42.1 Å². The molecule has 1 aromatic carbocycles. The van der Waals surface area contributed by atoms with Crippen molar-refractivity contribution in [3.05, 3.63) is 51.8 Å². The van der Waals surface area contributed by atoms with Crippen LogP contribution in [0.5, 0.6) is 5.88 Å². The summed E-state index contributed by atoms with van der Waals surface area (Å²) in [4.78, 5) is 10.9. The molecule has 0 saturated carbocycles. The van der Waals surface area contributed by atoms with Gasteiger partial charge in [0.2, 0.25) is 5.88 Å². The van der Waals surface area contributed by atoms with Crippen molar-refractivity contribution in [3.8, 4) is 17.7 Å². The lowest BCUT2D eigenvalue weighted by atomic mass is 10.1. The van der Waals surface area contributed by atoms with E-state index in [9.17, 15) is 13.2 Å². The zero-order valence-corrected chi connectivity index (χ0v) is 15.5. The van der Waals surface area contributed by atoms with E-state index in [4.69, 9.17) is 4.74 Å². The second kappa shape index (κ2) is 7.94. The van der Waals surface area contributed by atoms with Gasteiger partial charge in [-0.2, -0.15) is 13.2 Å². The molecule has 0 radical (unpaired) electrons. The second-order valence-electron chi connectivity index (χ2n) is 6.00. The zero-order chi connectivity index (χ0) is 19.4. The Morgan fingerprint density at radius 1 is 1.04 bits per heavy atom. The average Bonchev–Trinajstić information content (AvgIpc) is 3.06. The quantitative estimate of drug-likeness (QED) is 0.629. The van der Waals surface area contributed by atoms with Crippen LogP contribution in [0.3, 0.4) is 0 Å². The number of likely N-dealkylation sites (N-methyl/N-ethyl adjacent to an activating group) is 1. The maximum absolute atomic E-state index is 12.6. The first-order valence-electron chi connectivity index (χ1n) is 8.03. The van der Waals surface area contributed by atoms with E-state index >= 15 is 0 Å². The molecule has 0 bridgehead atoms. The van der Waals surface area contributed by atoms with Gasteiger partial charge in [0.25, 0.3) is 0 Å². The van der Waals surface area contributed by atoms with Crippen LogP contribution < -0.4 is 4.74 Å². The van der Waals surface area contributed by atoms with E-state index in [1.165, 1.54) is 23.5 Å². The van der Waals surface area contributed by atoms with Crippen LogP contribution in [0.2, 0.25) is 0 Å². The first kappa shape index (κ1) is 19.1. The van der Waals surface area contributed by atoms with Gasteiger partial charge in [-0.15, -0.1) is 11.3 Å². The van der Waals surface area contributed by atoms with E-state index in [2.05, 4.69) is 21.8 Å². The monoisotopic (exact) mass is 391 g/mol. The highest BCUT2D eigenvalue weighted by Crippen LogP contribution is 2.29. The highest BCUT2D eigenvalue weighted by Gasteiger charge is 2.29. The molecule has 3 aromatic rings. The molecule has 0 amide bonds. The Labute approximate surface area is 158 Å². The Balaban J connectivity index is 1.88. The summed E-state index contributed by atoms with van der Waals surface area (Å²) in [5.41, 5.74) is 1.53. The van der Waals surface area contributed by atoms with Gasteiger partial charge in [-0.1, -0.05) is 5.92 Å². The van der Waals surface area contributed by atoms with Crippen molar-refractivity contribution >= 4 is 22.4 Å². The number of thiophene rings is 1. The predicted octanol–water partition coefficient (Wildman–Crippen LogP) is 4.05. The van der Waals surface area contributed by atoms with Crippen LogP contribution in [0.1, 0.15) is 16.8 Å². The lowest BCUT2D eigenvalue weighted by Crippen LogP contribution is -2.20. The number of rotatable bonds is 4. The summed E-state index contributed by atoms with van der Waals surface area (Å²) in [6, 6.07) is 4.68. The molecule has 0 aliphatic rings. The maximum atomic E-state index is 12.6. The predicted molar refractivity (Wildman–Crippen MR) is 98.9 cm³/mol. The fourth-order valence-corrected chi connectivity index (χ4v) is 2.84. The number of fused-ring (bicyclic) bond motifs is 1. The van der Waals surface area contributed by atoms with Crippen LogP contribution in [0.4, 0.5) is 13.2 Å². The minimum atomic E-state index is -4.37. The third kappa shape index (κ3) is 4.96. The zero-order valence-electron chi connectivity index (χ0n) is 14.7. The van der Waals surface area contributed by atoms with Crippen molar-refractivity contribution < 1.29 is 17.9 Å². The lowest BCUT2D eigenvalue weighted by Gasteiger charge is -2.11. The highest BCUT2D eigenvalue weighted by atomic mass is 32.1. The van der Waals surface area contributed by atoms with Crippen molar-refractivity contribution in [1.29, 1.82) is 0 Å². The van der Waals surface area contributed by atoms with Crippen molar-refractivity contribution in [2.24, 2.45) is 0 Å². The summed E-state index contributed by atoms with van der Waals surface area (Å²) in [6.07, 6.45) is -4.37. The molecule has 0 unspecified atom stereocenters. The molecule has 4 nitrogen and oxygen atoms in total. The van der Waals surface area contributed by atoms with Crippen LogP contribution in [-0.2, 0) is 6.18 Å². The van der Waals surface area contributed by atoms with Crippen molar-refractivity contribution in [2.45, 2.75) is 6.18 Å². The standard InChI is InChI=1S/C19H16F3N3OS/c1-25(2)9-10-26-18-15(23-16-11-27-12-17(16)24-18)8-5-13-3-6-14(7-4-13)19(20,21)22/h3-4,6-7,11-12H,9-10H2,1-2H3. The summed E-state index contributed by atoms with van der Waals surface area (Å²) in [5, 5.41) is 3.73. The molecule has 8 heteroatoms. The smallest absolute Gasteiger partial charge is 0.416 e. The van der Waals surface area contributed by atoms with Gasteiger partial charge in [0, 0.05) is 22.9 Å². The lowest BCUT2D eigenvalue weighted by molar-refractivity contribution is -0.137. The van der Waals surface area contributed by atoms with Crippen LogP contribution in [0, 0.1) is 11.8 Å². The topological polar surface area (TPSA) is 38.2 Å². The summed E-state index contributed by atoms with van der Waals surface area (Å²) in [5.74, 6) is 6.02. The molecule has 0 saturated heterocycles. The Morgan fingerprint density at radius 3 is 2.33 bits per heavy atom. The van der Waals surface area contributed by atoms with E-state index in [0.29, 0.717) is 35.8 Å². The Hall–Kier alpha value is -2.63. The highest BCUT2D eigenvalue weighted by molar-refractivity contribution is 7.09. The molecule has 2 heterocycles. The number of nitrogens with zero attached hydrogens (tertiary/aromatic N) is 3. The Morgan fingerprint density at radius 2 is 1.70 bits per heavy atom. The summed E-state index contributed by atoms with van der Waals surface area (Å²) in [6.45, 7) is 1.13. The van der Waals surface area contributed by atoms with Gasteiger partial charge in [0.1, 0.15) is 17.6 Å². The van der Waals surface area contributed by atoms with Crippen molar-refractivity contribution in [3.63, 3.8) is 0 Å². The molecule has 0 spiro atoms. The molecule has 0 aliphatic heterocycles. The van der Waals surface area contributed by atoms with E-state index in [0.717, 1.165) is 17.6 Å². The number of halogens is 3. The summed E-state index contributed by atoms with van der Waals surface area (Å²) >= 11 is 1.47. The minimum absolute atomic E-state index is 0.321. The number of benzene rings is 1. The molecule has 0 fully saturated rings. The molecular formula is C19H16F3N3OS. The number of aromatic nitrogens is 2. The Bertz CT molecular complexity index is 985. The first-order valence-corrected chi connectivity index (χ1v) is 8.98. The largest absolute Gasteiger partial charge is 0.474 e. The first-order chi connectivity index (χ1) is 12.8. The van der Waals surface area contributed by atoms with Gasteiger partial charge in [-0.3, -0.25) is 0 Å². The van der Waals surface area contributed by atoms with Crippen molar-refractivity contribution in [2.75, 3.05) is 27.2 Å². The Kier molecular flexibility index (Phi) is 5.63. The van der Waals surface area contributed by atoms with E-state index in [1.807, 2.05) is 29.8 Å². The SMILES string of the molecule is CN(C)CCOc1nc2cscc2nc1C#Cc1ccc(C(F)(F)F)cc1. The number of ether oxygens (including phenoxy) is 1.